The van der Waals surface area contributed by atoms with Crippen LogP contribution < -0.4 is 10.6 Å². The summed E-state index contributed by atoms with van der Waals surface area (Å²) < 4.78 is 23.1. The second-order valence-electron chi connectivity index (χ2n) is 7.81. The molecular weight excluding hydrogens is 426 g/mol. The molecule has 9 heteroatoms. The Morgan fingerprint density at radius 1 is 1.03 bits per heavy atom. The lowest BCUT2D eigenvalue weighted by molar-refractivity contribution is 0.102. The Kier molecular flexibility index (Phi) is 6.48. The molecule has 1 fully saturated rings. The van der Waals surface area contributed by atoms with E-state index < -0.39 is 9.84 Å². The first-order chi connectivity index (χ1) is 15.4. The number of carbonyl (C=O) groups excluding carboxylic acids is 1. The first kappa shape index (κ1) is 21.9. The van der Waals surface area contributed by atoms with E-state index >= 15 is 0 Å². The van der Waals surface area contributed by atoms with Crippen LogP contribution in [0.4, 0.5) is 17.3 Å². The number of sulfone groups is 1. The summed E-state index contributed by atoms with van der Waals surface area (Å²) >= 11 is 0. The van der Waals surface area contributed by atoms with Crippen molar-refractivity contribution in [2.45, 2.75) is 13.5 Å². The third kappa shape index (κ3) is 5.68. The molecule has 1 aromatic heterocycles. The number of anilines is 3. The Hall–Kier alpha value is -3.30. The Morgan fingerprint density at radius 3 is 2.41 bits per heavy atom. The molecule has 1 aliphatic rings. The average Bonchev–Trinajstić information content (AvgIpc) is 2.79. The van der Waals surface area contributed by atoms with Crippen LogP contribution in [0.3, 0.4) is 0 Å². The van der Waals surface area contributed by atoms with Gasteiger partial charge in [-0.25, -0.2) is 18.4 Å². The maximum Gasteiger partial charge on any atom is 0.255 e. The Morgan fingerprint density at radius 2 is 1.72 bits per heavy atom. The molecule has 166 valence electrons. The molecule has 0 aliphatic carbocycles. The highest BCUT2D eigenvalue weighted by atomic mass is 32.2. The Balaban J connectivity index is 1.38. The molecule has 0 bridgehead atoms. The maximum absolute atomic E-state index is 12.7. The molecule has 1 aliphatic heterocycles. The van der Waals surface area contributed by atoms with Crippen LogP contribution in [0.25, 0.3) is 0 Å². The lowest BCUT2D eigenvalue weighted by Crippen LogP contribution is -2.39. The number of rotatable bonds is 6. The fourth-order valence-electron chi connectivity index (χ4n) is 3.45. The van der Waals surface area contributed by atoms with Crippen molar-refractivity contribution in [1.29, 1.82) is 0 Å². The molecule has 32 heavy (non-hydrogen) atoms. The number of hydrogen-bond acceptors (Lipinski definition) is 7. The topological polar surface area (TPSA) is 104 Å². The van der Waals surface area contributed by atoms with Crippen molar-refractivity contribution in [3.05, 3.63) is 77.6 Å². The van der Waals surface area contributed by atoms with Crippen molar-refractivity contribution in [1.82, 2.24) is 14.9 Å². The summed E-state index contributed by atoms with van der Waals surface area (Å²) in [5, 5.41) is 6.09. The quantitative estimate of drug-likeness (QED) is 0.594. The van der Waals surface area contributed by atoms with Gasteiger partial charge in [-0.2, -0.15) is 0 Å². The highest BCUT2D eigenvalue weighted by Gasteiger charge is 2.21. The number of carbonyl (C=O) groups is 1. The van der Waals surface area contributed by atoms with E-state index in [0.29, 0.717) is 36.8 Å². The summed E-state index contributed by atoms with van der Waals surface area (Å²) in [6, 6.07) is 14.8. The Labute approximate surface area is 187 Å². The largest absolute Gasteiger partial charge is 0.324 e. The minimum Gasteiger partial charge on any atom is -0.324 e. The summed E-state index contributed by atoms with van der Waals surface area (Å²) in [7, 11) is -2.89. The third-order valence-electron chi connectivity index (χ3n) is 5.37. The van der Waals surface area contributed by atoms with Gasteiger partial charge in [0, 0.05) is 49.0 Å². The normalized spacial score (nSPS) is 15.8. The zero-order chi connectivity index (χ0) is 22.6. The average molecular weight is 452 g/mol. The van der Waals surface area contributed by atoms with Crippen molar-refractivity contribution < 1.29 is 13.2 Å². The van der Waals surface area contributed by atoms with Crippen LogP contribution in [0.15, 0.2) is 60.9 Å². The highest BCUT2D eigenvalue weighted by molar-refractivity contribution is 7.91. The zero-order valence-corrected chi connectivity index (χ0v) is 18.6. The molecule has 0 saturated carbocycles. The van der Waals surface area contributed by atoms with Crippen LogP contribution in [0.1, 0.15) is 21.5 Å². The number of hydrogen-bond donors (Lipinski definition) is 2. The lowest BCUT2D eigenvalue weighted by Gasteiger charge is -2.26. The first-order valence-electron chi connectivity index (χ1n) is 10.4. The van der Waals surface area contributed by atoms with E-state index in [1.165, 1.54) is 0 Å². The van der Waals surface area contributed by atoms with Crippen molar-refractivity contribution in [2.75, 3.05) is 35.2 Å². The third-order valence-corrected chi connectivity index (χ3v) is 6.98. The van der Waals surface area contributed by atoms with Gasteiger partial charge in [0.1, 0.15) is 0 Å². The van der Waals surface area contributed by atoms with Crippen LogP contribution in [-0.4, -0.2) is 53.8 Å². The molecule has 0 spiro atoms. The van der Waals surface area contributed by atoms with E-state index in [2.05, 4.69) is 25.5 Å². The van der Waals surface area contributed by atoms with E-state index in [1.807, 2.05) is 37.3 Å². The molecule has 2 heterocycles. The van der Waals surface area contributed by atoms with Crippen LogP contribution >= 0.6 is 0 Å². The summed E-state index contributed by atoms with van der Waals surface area (Å²) in [4.78, 5) is 23.2. The van der Waals surface area contributed by atoms with Gasteiger partial charge in [0.05, 0.1) is 11.5 Å². The van der Waals surface area contributed by atoms with Gasteiger partial charge in [-0.3, -0.25) is 9.69 Å². The highest BCUT2D eigenvalue weighted by Crippen LogP contribution is 2.23. The van der Waals surface area contributed by atoms with Crippen LogP contribution in [0.5, 0.6) is 0 Å². The zero-order valence-electron chi connectivity index (χ0n) is 17.8. The molecule has 2 aromatic carbocycles. The van der Waals surface area contributed by atoms with Crippen LogP contribution in [0, 0.1) is 6.92 Å². The molecule has 2 N–H and O–H groups in total. The van der Waals surface area contributed by atoms with Crippen molar-refractivity contribution in [3.8, 4) is 0 Å². The summed E-state index contributed by atoms with van der Waals surface area (Å²) in [6.07, 6.45) is 3.32. The molecule has 1 amide bonds. The van der Waals surface area contributed by atoms with E-state index in [-0.39, 0.29) is 17.4 Å². The number of nitrogens with zero attached hydrogens (tertiary/aromatic N) is 3. The number of amides is 1. The van der Waals surface area contributed by atoms with Crippen molar-refractivity contribution in [2.24, 2.45) is 0 Å². The minimum atomic E-state index is -2.89. The van der Waals surface area contributed by atoms with Gasteiger partial charge in [0.2, 0.25) is 5.95 Å². The second kappa shape index (κ2) is 9.46. The van der Waals surface area contributed by atoms with Gasteiger partial charge in [-0.05, 0) is 48.4 Å². The van der Waals surface area contributed by atoms with Crippen LogP contribution in [0.2, 0.25) is 0 Å². The number of nitrogens with one attached hydrogen (secondary N) is 2. The predicted molar refractivity (Wildman–Crippen MR) is 125 cm³/mol. The van der Waals surface area contributed by atoms with E-state index in [1.54, 1.807) is 30.6 Å². The lowest BCUT2D eigenvalue weighted by atomic mass is 10.1. The first-order valence-corrected chi connectivity index (χ1v) is 12.2. The summed E-state index contributed by atoms with van der Waals surface area (Å²) in [5.74, 6) is 0.696. The SMILES string of the molecule is Cc1ccc(NC(=O)c2ccc(CN3CCS(=O)(=O)CC3)cc2)cc1Nc1ncccn1. The van der Waals surface area contributed by atoms with E-state index in [4.69, 9.17) is 0 Å². The van der Waals surface area contributed by atoms with Crippen molar-refractivity contribution >= 4 is 33.1 Å². The molecule has 4 rings (SSSR count). The molecular formula is C23H25N5O3S. The summed E-state index contributed by atoms with van der Waals surface area (Å²) in [5.41, 5.74) is 4.08. The van der Waals surface area contributed by atoms with Gasteiger partial charge in [-0.15, -0.1) is 0 Å². The van der Waals surface area contributed by atoms with Gasteiger partial charge >= 0.3 is 0 Å². The molecule has 8 nitrogen and oxygen atoms in total. The van der Waals surface area contributed by atoms with Gasteiger partial charge < -0.3 is 10.6 Å². The van der Waals surface area contributed by atoms with Gasteiger partial charge in [0.15, 0.2) is 9.84 Å². The smallest absolute Gasteiger partial charge is 0.255 e. The number of aromatic nitrogens is 2. The van der Waals surface area contributed by atoms with Gasteiger partial charge in [-0.1, -0.05) is 18.2 Å². The molecule has 0 radical (unpaired) electrons. The molecule has 0 unspecified atom stereocenters. The molecule has 1 saturated heterocycles. The molecule has 0 atom stereocenters. The van der Waals surface area contributed by atoms with Crippen molar-refractivity contribution in [3.63, 3.8) is 0 Å². The van der Waals surface area contributed by atoms with E-state index in [9.17, 15) is 13.2 Å². The monoisotopic (exact) mass is 451 g/mol. The molecule has 3 aromatic rings. The fraction of sp³-hybridized carbons (Fsp3) is 0.261. The fourth-order valence-corrected chi connectivity index (χ4v) is 4.73. The number of benzene rings is 2. The minimum absolute atomic E-state index is 0.202. The van der Waals surface area contributed by atoms with E-state index in [0.717, 1.165) is 16.8 Å². The number of aryl methyl sites for hydroxylation is 1. The predicted octanol–water partition coefficient (Wildman–Crippen LogP) is 3.01. The van der Waals surface area contributed by atoms with Crippen LogP contribution in [-0.2, 0) is 16.4 Å². The standard InChI is InChI=1S/C23H25N5O3S/c1-17-3-8-20(15-21(17)27-23-24-9-2-10-25-23)26-22(29)19-6-4-18(5-7-19)16-28-11-13-32(30,31)14-12-28/h2-10,15H,11-14,16H2,1H3,(H,26,29)(H,24,25,27). The summed E-state index contributed by atoms with van der Waals surface area (Å²) in [6.45, 7) is 3.73. The maximum atomic E-state index is 12.7. The second-order valence-corrected chi connectivity index (χ2v) is 10.1. The van der Waals surface area contributed by atoms with Gasteiger partial charge in [0.25, 0.3) is 5.91 Å². The Bertz CT molecular complexity index is 1180.